The SMILES string of the molecule is Cc1c(O)cccc1-c1nnc(CCNC(C)C)o1. The molecule has 2 N–H and O–H groups in total. The third kappa shape index (κ3) is 3.32. The fraction of sp³-hybridized carbons (Fsp3) is 0.429. The Morgan fingerprint density at radius 2 is 2.11 bits per heavy atom. The van der Waals surface area contributed by atoms with Gasteiger partial charge in [-0.2, -0.15) is 0 Å². The highest BCUT2D eigenvalue weighted by atomic mass is 16.4. The average Bonchev–Trinajstić information content (AvgIpc) is 2.81. The Morgan fingerprint density at radius 3 is 2.84 bits per heavy atom. The first-order chi connectivity index (χ1) is 9.08. The molecule has 102 valence electrons. The Morgan fingerprint density at radius 1 is 1.32 bits per heavy atom. The quantitative estimate of drug-likeness (QED) is 0.864. The van der Waals surface area contributed by atoms with Gasteiger partial charge < -0.3 is 14.8 Å². The Bertz CT molecular complexity index is 549. The Balaban J connectivity index is 2.10. The third-order valence-electron chi connectivity index (χ3n) is 2.89. The second-order valence-electron chi connectivity index (χ2n) is 4.81. The standard InChI is InChI=1S/C14H19N3O2/c1-9(2)15-8-7-13-16-17-14(19-13)11-5-4-6-12(18)10(11)3/h4-6,9,15,18H,7-8H2,1-3H3. The monoisotopic (exact) mass is 261 g/mol. The van der Waals surface area contributed by atoms with Gasteiger partial charge in [0.25, 0.3) is 0 Å². The lowest BCUT2D eigenvalue weighted by Crippen LogP contribution is -2.25. The van der Waals surface area contributed by atoms with E-state index in [2.05, 4.69) is 29.4 Å². The maximum atomic E-state index is 9.67. The average molecular weight is 261 g/mol. The number of hydrogen-bond donors (Lipinski definition) is 2. The number of phenols is 1. The number of aromatic hydroxyl groups is 1. The molecule has 5 heteroatoms. The summed E-state index contributed by atoms with van der Waals surface area (Å²) in [5.41, 5.74) is 1.52. The lowest BCUT2D eigenvalue weighted by Gasteiger charge is -2.05. The second kappa shape index (κ2) is 5.84. The van der Waals surface area contributed by atoms with Crippen LogP contribution in [0.15, 0.2) is 22.6 Å². The molecular formula is C14H19N3O2. The van der Waals surface area contributed by atoms with Crippen molar-refractivity contribution in [3.63, 3.8) is 0 Å². The minimum atomic E-state index is 0.235. The molecule has 1 heterocycles. The third-order valence-corrected chi connectivity index (χ3v) is 2.89. The van der Waals surface area contributed by atoms with Crippen LogP contribution in [0.5, 0.6) is 5.75 Å². The van der Waals surface area contributed by atoms with E-state index in [1.165, 1.54) is 0 Å². The van der Waals surface area contributed by atoms with E-state index in [1.54, 1.807) is 12.1 Å². The Kier molecular flexibility index (Phi) is 4.16. The van der Waals surface area contributed by atoms with Gasteiger partial charge in [-0.1, -0.05) is 19.9 Å². The maximum Gasteiger partial charge on any atom is 0.248 e. The molecule has 0 fully saturated rings. The predicted molar refractivity (Wildman–Crippen MR) is 73.0 cm³/mol. The zero-order chi connectivity index (χ0) is 13.8. The Hall–Kier alpha value is -1.88. The van der Waals surface area contributed by atoms with E-state index in [0.29, 0.717) is 24.2 Å². The van der Waals surface area contributed by atoms with Crippen LogP contribution < -0.4 is 5.32 Å². The van der Waals surface area contributed by atoms with Crippen molar-refractivity contribution in [2.24, 2.45) is 0 Å². The zero-order valence-electron chi connectivity index (χ0n) is 11.5. The first-order valence-corrected chi connectivity index (χ1v) is 6.42. The number of benzene rings is 1. The van der Waals surface area contributed by atoms with Gasteiger partial charge in [-0.05, 0) is 19.1 Å². The van der Waals surface area contributed by atoms with Gasteiger partial charge in [-0.25, -0.2) is 0 Å². The molecule has 2 aromatic rings. The van der Waals surface area contributed by atoms with Gasteiger partial charge in [0.1, 0.15) is 5.75 Å². The van der Waals surface area contributed by atoms with Crippen LogP contribution in [0.4, 0.5) is 0 Å². The van der Waals surface area contributed by atoms with Crippen LogP contribution in [-0.4, -0.2) is 27.9 Å². The number of nitrogens with zero attached hydrogens (tertiary/aromatic N) is 2. The van der Waals surface area contributed by atoms with Crippen LogP contribution in [0.2, 0.25) is 0 Å². The fourth-order valence-electron chi connectivity index (χ4n) is 1.79. The summed E-state index contributed by atoms with van der Waals surface area (Å²) < 4.78 is 5.61. The molecule has 0 aliphatic carbocycles. The van der Waals surface area contributed by atoms with Crippen LogP contribution in [0.3, 0.4) is 0 Å². The van der Waals surface area contributed by atoms with Crippen molar-refractivity contribution in [1.82, 2.24) is 15.5 Å². The molecule has 0 saturated heterocycles. The van der Waals surface area contributed by atoms with Crippen LogP contribution in [0.25, 0.3) is 11.5 Å². The van der Waals surface area contributed by atoms with E-state index in [4.69, 9.17) is 4.42 Å². The Labute approximate surface area is 112 Å². The largest absolute Gasteiger partial charge is 0.508 e. The molecule has 1 aromatic carbocycles. The first kappa shape index (κ1) is 13.5. The van der Waals surface area contributed by atoms with Gasteiger partial charge in [0.2, 0.25) is 11.8 Å². The van der Waals surface area contributed by atoms with Crippen LogP contribution in [-0.2, 0) is 6.42 Å². The van der Waals surface area contributed by atoms with E-state index < -0.39 is 0 Å². The minimum absolute atomic E-state index is 0.235. The number of nitrogens with one attached hydrogen (secondary N) is 1. The van der Waals surface area contributed by atoms with Crippen molar-refractivity contribution in [1.29, 1.82) is 0 Å². The molecule has 0 amide bonds. The summed E-state index contributed by atoms with van der Waals surface area (Å²) in [6.45, 7) is 6.82. The van der Waals surface area contributed by atoms with Crippen molar-refractivity contribution in [2.75, 3.05) is 6.54 Å². The van der Waals surface area contributed by atoms with Gasteiger partial charge >= 0.3 is 0 Å². The van der Waals surface area contributed by atoms with E-state index in [9.17, 15) is 5.11 Å². The lowest BCUT2D eigenvalue weighted by molar-refractivity contribution is 0.468. The van der Waals surface area contributed by atoms with Crippen molar-refractivity contribution in [3.05, 3.63) is 29.7 Å². The van der Waals surface area contributed by atoms with Crippen molar-refractivity contribution in [3.8, 4) is 17.2 Å². The maximum absolute atomic E-state index is 9.67. The van der Waals surface area contributed by atoms with Crippen LogP contribution >= 0.6 is 0 Å². The molecule has 19 heavy (non-hydrogen) atoms. The minimum Gasteiger partial charge on any atom is -0.508 e. The van der Waals surface area contributed by atoms with Gasteiger partial charge in [0.15, 0.2) is 0 Å². The molecule has 0 saturated carbocycles. The molecular weight excluding hydrogens is 242 g/mol. The molecule has 5 nitrogen and oxygen atoms in total. The molecule has 1 aromatic heterocycles. The molecule has 0 spiro atoms. The van der Waals surface area contributed by atoms with Gasteiger partial charge in [-0.3, -0.25) is 0 Å². The zero-order valence-corrected chi connectivity index (χ0v) is 11.5. The lowest BCUT2D eigenvalue weighted by atomic mass is 10.1. The van der Waals surface area contributed by atoms with E-state index in [0.717, 1.165) is 17.7 Å². The van der Waals surface area contributed by atoms with E-state index in [-0.39, 0.29) is 5.75 Å². The smallest absolute Gasteiger partial charge is 0.248 e. The summed E-state index contributed by atoms with van der Waals surface area (Å²) in [5.74, 6) is 1.29. The molecule has 0 atom stereocenters. The van der Waals surface area contributed by atoms with Gasteiger partial charge in [0, 0.05) is 30.1 Å². The molecule has 0 aliphatic heterocycles. The number of aromatic nitrogens is 2. The molecule has 0 bridgehead atoms. The summed E-state index contributed by atoms with van der Waals surface area (Å²) >= 11 is 0. The van der Waals surface area contributed by atoms with Crippen molar-refractivity contribution >= 4 is 0 Å². The number of phenolic OH excluding ortho intramolecular Hbond substituents is 1. The van der Waals surface area contributed by atoms with E-state index in [1.807, 2.05) is 13.0 Å². The fourth-order valence-corrected chi connectivity index (χ4v) is 1.79. The summed E-state index contributed by atoms with van der Waals surface area (Å²) in [7, 11) is 0. The normalized spacial score (nSPS) is 11.2. The van der Waals surface area contributed by atoms with Crippen LogP contribution in [0.1, 0.15) is 25.3 Å². The summed E-state index contributed by atoms with van der Waals surface area (Å²) in [6.07, 6.45) is 0.697. The molecule has 2 rings (SSSR count). The summed E-state index contributed by atoms with van der Waals surface area (Å²) in [4.78, 5) is 0. The molecule has 0 radical (unpaired) electrons. The predicted octanol–water partition coefficient (Wildman–Crippen LogP) is 2.29. The highest BCUT2D eigenvalue weighted by Crippen LogP contribution is 2.27. The van der Waals surface area contributed by atoms with E-state index >= 15 is 0 Å². The number of hydrogen-bond acceptors (Lipinski definition) is 5. The molecule has 0 unspecified atom stereocenters. The van der Waals surface area contributed by atoms with Crippen molar-refractivity contribution < 1.29 is 9.52 Å². The highest BCUT2D eigenvalue weighted by Gasteiger charge is 2.12. The van der Waals surface area contributed by atoms with Crippen molar-refractivity contribution in [2.45, 2.75) is 33.2 Å². The first-order valence-electron chi connectivity index (χ1n) is 6.42. The summed E-state index contributed by atoms with van der Waals surface area (Å²) in [6, 6.07) is 5.71. The molecule has 0 aliphatic rings. The number of rotatable bonds is 5. The van der Waals surface area contributed by atoms with Gasteiger partial charge in [0.05, 0.1) is 0 Å². The summed E-state index contributed by atoms with van der Waals surface area (Å²) in [5, 5.41) is 21.0. The highest BCUT2D eigenvalue weighted by molar-refractivity contribution is 5.61. The van der Waals surface area contributed by atoms with Crippen LogP contribution in [0, 0.1) is 6.92 Å². The van der Waals surface area contributed by atoms with Gasteiger partial charge in [-0.15, -0.1) is 10.2 Å². The topological polar surface area (TPSA) is 71.2 Å². The second-order valence-corrected chi connectivity index (χ2v) is 4.81.